The van der Waals surface area contributed by atoms with E-state index >= 15 is 0 Å². The maximum Gasteiger partial charge on any atom is 0.434 e. The summed E-state index contributed by atoms with van der Waals surface area (Å²) in [4.78, 5) is 32.5. The Morgan fingerprint density at radius 1 is 1.12 bits per heavy atom. The average molecular weight is 699 g/mol. The summed E-state index contributed by atoms with van der Waals surface area (Å²) in [6, 6.07) is 12.7. The van der Waals surface area contributed by atoms with Gasteiger partial charge in [-0.25, -0.2) is 14.5 Å². The van der Waals surface area contributed by atoms with Gasteiger partial charge in [0.1, 0.15) is 17.9 Å². The summed E-state index contributed by atoms with van der Waals surface area (Å²) in [6.45, 7) is 9.43. The quantitative estimate of drug-likeness (QED) is 0.198. The number of benzene rings is 1. The van der Waals surface area contributed by atoms with E-state index in [1.807, 2.05) is 43.9 Å². The zero-order valence-corrected chi connectivity index (χ0v) is 28.4. The summed E-state index contributed by atoms with van der Waals surface area (Å²) in [5, 5.41) is 13.0. The number of ether oxygens (including phenoxy) is 3. The third-order valence-corrected chi connectivity index (χ3v) is 9.92. The van der Waals surface area contributed by atoms with Crippen molar-refractivity contribution < 1.29 is 42.1 Å². The average Bonchev–Trinajstić information content (AvgIpc) is 3.79. The van der Waals surface area contributed by atoms with Gasteiger partial charge in [0.15, 0.2) is 23.4 Å². The van der Waals surface area contributed by atoms with Crippen LogP contribution in [-0.2, 0) is 33.5 Å². The maximum atomic E-state index is 13.9. The molecule has 4 aromatic rings. The molecule has 5 heterocycles. The molecule has 14 heteroatoms. The van der Waals surface area contributed by atoms with Gasteiger partial charge in [-0.1, -0.05) is 19.1 Å². The Morgan fingerprint density at radius 2 is 1.88 bits per heavy atom. The van der Waals surface area contributed by atoms with Crippen molar-refractivity contribution in [3.05, 3.63) is 81.5 Å². The fraction of sp³-hybridized carbons (Fsp3) is 0.429. The number of hydrogen-bond donors (Lipinski definition) is 1. The summed E-state index contributed by atoms with van der Waals surface area (Å²) in [5.41, 5.74) is 1.30. The molecule has 10 nitrogen and oxygen atoms in total. The van der Waals surface area contributed by atoms with E-state index in [1.54, 1.807) is 12.1 Å². The lowest BCUT2D eigenvalue weighted by Crippen LogP contribution is -2.44. The SMILES string of the molecule is CCc1cc(OCc2cc(C)sc2-c2cccc(-n3ncc(C(=O)O)c3C(F)(F)F)n2)ccc1C1CCN(C(=O)C2COC(C)(C)O2)CC1. The largest absolute Gasteiger partial charge is 0.489 e. The lowest BCUT2D eigenvalue weighted by molar-refractivity contribution is -0.160. The number of aromatic carboxylic acids is 1. The van der Waals surface area contributed by atoms with Crippen LogP contribution in [0.1, 0.15) is 77.2 Å². The van der Waals surface area contributed by atoms with Crippen molar-refractivity contribution in [2.45, 2.75) is 77.5 Å². The van der Waals surface area contributed by atoms with E-state index in [1.165, 1.54) is 28.5 Å². The normalized spacial score (nSPS) is 18.2. The molecule has 2 aliphatic rings. The zero-order valence-electron chi connectivity index (χ0n) is 27.5. The fourth-order valence-electron chi connectivity index (χ4n) is 6.47. The number of likely N-dealkylation sites (tertiary alicyclic amines) is 1. The second-order valence-corrected chi connectivity index (χ2v) is 13.9. The van der Waals surface area contributed by atoms with Crippen molar-refractivity contribution in [2.24, 2.45) is 0 Å². The van der Waals surface area contributed by atoms with Gasteiger partial charge in [0, 0.05) is 23.5 Å². The first-order valence-electron chi connectivity index (χ1n) is 16.1. The van der Waals surface area contributed by atoms with Crippen molar-refractivity contribution in [2.75, 3.05) is 19.7 Å². The van der Waals surface area contributed by atoms with Gasteiger partial charge in [-0.2, -0.15) is 18.3 Å². The Balaban J connectivity index is 1.15. The van der Waals surface area contributed by atoms with Crippen LogP contribution in [0.15, 0.2) is 48.7 Å². The van der Waals surface area contributed by atoms with Gasteiger partial charge < -0.3 is 24.2 Å². The number of hydrogen-bond acceptors (Lipinski definition) is 8. The Bertz CT molecular complexity index is 1860. The van der Waals surface area contributed by atoms with E-state index < -0.39 is 35.3 Å². The molecule has 1 atom stereocenters. The van der Waals surface area contributed by atoms with Crippen molar-refractivity contribution >= 4 is 23.2 Å². The van der Waals surface area contributed by atoms with Gasteiger partial charge >= 0.3 is 12.1 Å². The third kappa shape index (κ3) is 7.36. The number of piperidine rings is 1. The number of thiophene rings is 1. The molecular weight excluding hydrogens is 661 g/mol. The first-order chi connectivity index (χ1) is 23.2. The van der Waals surface area contributed by atoms with Gasteiger partial charge in [0.05, 0.1) is 23.4 Å². The molecule has 0 spiro atoms. The molecule has 49 heavy (non-hydrogen) atoms. The molecule has 2 aliphatic heterocycles. The smallest absolute Gasteiger partial charge is 0.434 e. The number of halogens is 3. The van der Waals surface area contributed by atoms with Gasteiger partial charge in [-0.15, -0.1) is 11.3 Å². The van der Waals surface area contributed by atoms with Gasteiger partial charge in [-0.3, -0.25) is 4.79 Å². The number of nitrogens with zero attached hydrogens (tertiary/aromatic N) is 4. The number of aryl methyl sites for hydroxylation is 2. The van der Waals surface area contributed by atoms with Crippen LogP contribution in [0, 0.1) is 6.92 Å². The first kappa shape index (κ1) is 34.6. The Labute approximate surface area is 285 Å². The van der Waals surface area contributed by atoms with E-state index in [9.17, 15) is 27.9 Å². The number of pyridine rings is 1. The summed E-state index contributed by atoms with van der Waals surface area (Å²) in [5.74, 6) is -1.64. The predicted octanol–water partition coefficient (Wildman–Crippen LogP) is 7.02. The van der Waals surface area contributed by atoms with Crippen LogP contribution in [0.2, 0.25) is 0 Å². The Kier molecular flexibility index (Phi) is 9.57. The number of alkyl halides is 3. The number of carboxylic acid groups (broad SMARTS) is 1. The van der Waals surface area contributed by atoms with Gasteiger partial charge in [0.2, 0.25) is 0 Å². The number of rotatable bonds is 9. The van der Waals surface area contributed by atoms with Gasteiger partial charge in [0.25, 0.3) is 5.91 Å². The topological polar surface area (TPSA) is 116 Å². The molecule has 0 aliphatic carbocycles. The molecule has 3 aromatic heterocycles. The first-order valence-corrected chi connectivity index (χ1v) is 16.9. The van der Waals surface area contributed by atoms with Crippen molar-refractivity contribution in [1.29, 1.82) is 0 Å². The van der Waals surface area contributed by atoms with Crippen LogP contribution in [0.5, 0.6) is 5.75 Å². The molecule has 1 aromatic carbocycles. The Hall–Kier alpha value is -4.27. The Morgan fingerprint density at radius 3 is 2.53 bits per heavy atom. The molecule has 0 radical (unpaired) electrons. The van der Waals surface area contributed by atoms with Crippen LogP contribution in [0.3, 0.4) is 0 Å². The standard InChI is InChI=1S/C35H37F3N4O6S/c1-5-21-16-24(9-10-25(21)22-11-13-41(14-12-22)32(43)28-19-47-34(3,4)48-28)46-18-23-15-20(2)49-30(23)27-7-6-8-29(40-27)42-31(35(36,37)38)26(17-39-42)33(44)45/h6-10,15-17,22,28H,5,11-14,18-19H2,1-4H3,(H,44,45). The molecule has 2 fully saturated rings. The fourth-order valence-corrected chi connectivity index (χ4v) is 7.46. The van der Waals surface area contributed by atoms with Crippen LogP contribution in [-0.4, -0.2) is 68.2 Å². The summed E-state index contributed by atoms with van der Waals surface area (Å²) >= 11 is 1.43. The number of carbonyl (C=O) groups excluding carboxylic acids is 1. The molecule has 1 N–H and O–H groups in total. The monoisotopic (exact) mass is 698 g/mol. The van der Waals surface area contributed by atoms with E-state index in [0.717, 1.165) is 34.6 Å². The molecule has 260 valence electrons. The number of carboxylic acids is 1. The minimum absolute atomic E-state index is 0.0202. The summed E-state index contributed by atoms with van der Waals surface area (Å²) in [7, 11) is 0. The molecule has 1 amide bonds. The highest BCUT2D eigenvalue weighted by Gasteiger charge is 2.41. The van der Waals surface area contributed by atoms with E-state index in [-0.39, 0.29) is 24.9 Å². The molecular formula is C35H37F3N4O6S. The molecule has 6 rings (SSSR count). The zero-order chi connectivity index (χ0) is 35.1. The maximum absolute atomic E-state index is 13.9. The second-order valence-electron chi connectivity index (χ2n) is 12.6. The molecule has 0 bridgehead atoms. The molecule has 1 unspecified atom stereocenters. The molecule has 2 saturated heterocycles. The van der Waals surface area contributed by atoms with Crippen LogP contribution < -0.4 is 4.74 Å². The molecule has 0 saturated carbocycles. The number of amides is 1. The lowest BCUT2D eigenvalue weighted by atomic mass is 9.85. The van der Waals surface area contributed by atoms with E-state index in [4.69, 9.17) is 14.2 Å². The number of aromatic nitrogens is 3. The van der Waals surface area contributed by atoms with E-state index in [2.05, 4.69) is 23.1 Å². The van der Waals surface area contributed by atoms with Crippen LogP contribution >= 0.6 is 11.3 Å². The minimum Gasteiger partial charge on any atom is -0.489 e. The number of carbonyl (C=O) groups is 2. The van der Waals surface area contributed by atoms with Crippen molar-refractivity contribution in [1.82, 2.24) is 19.7 Å². The van der Waals surface area contributed by atoms with Crippen LogP contribution in [0.25, 0.3) is 16.4 Å². The van der Waals surface area contributed by atoms with Crippen molar-refractivity contribution in [3.8, 4) is 22.1 Å². The van der Waals surface area contributed by atoms with Crippen molar-refractivity contribution in [3.63, 3.8) is 0 Å². The van der Waals surface area contributed by atoms with E-state index in [0.29, 0.717) is 41.3 Å². The second kappa shape index (κ2) is 13.6. The highest BCUT2D eigenvalue weighted by atomic mass is 32.1. The lowest BCUT2D eigenvalue weighted by Gasteiger charge is -2.34. The summed E-state index contributed by atoms with van der Waals surface area (Å²) in [6.07, 6.45) is -2.34. The van der Waals surface area contributed by atoms with Crippen LogP contribution in [0.4, 0.5) is 13.2 Å². The summed E-state index contributed by atoms with van der Waals surface area (Å²) < 4.78 is 59.7. The highest BCUT2D eigenvalue weighted by molar-refractivity contribution is 7.15. The highest BCUT2D eigenvalue weighted by Crippen LogP contribution is 2.37. The predicted molar refractivity (Wildman–Crippen MR) is 175 cm³/mol. The minimum atomic E-state index is -4.96. The van der Waals surface area contributed by atoms with Gasteiger partial charge in [-0.05, 0) is 87.4 Å². The third-order valence-electron chi connectivity index (χ3n) is 8.80.